The minimum atomic E-state index is -0.977. The standard InChI is InChI=1S/C7H13NO3/c1-3-5(7(10)11)8-6(9)4-2/h5H,3-4H2,1-2H3,(H,8,9)(H,10,11)/t5-/m1/s1. The summed E-state index contributed by atoms with van der Waals surface area (Å²) in [5.74, 6) is -1.20. The molecule has 0 aliphatic carbocycles. The van der Waals surface area contributed by atoms with E-state index in [4.69, 9.17) is 5.11 Å². The first kappa shape index (κ1) is 9.94. The lowest BCUT2D eigenvalue weighted by Gasteiger charge is -2.10. The summed E-state index contributed by atoms with van der Waals surface area (Å²) in [4.78, 5) is 21.1. The van der Waals surface area contributed by atoms with E-state index in [2.05, 4.69) is 5.32 Å². The normalized spacial score (nSPS) is 12.2. The number of carbonyl (C=O) groups is 2. The molecule has 0 saturated heterocycles. The molecule has 0 aromatic carbocycles. The predicted molar refractivity (Wildman–Crippen MR) is 40.1 cm³/mol. The van der Waals surface area contributed by atoms with Crippen LogP contribution in [0.25, 0.3) is 0 Å². The highest BCUT2D eigenvalue weighted by molar-refractivity contribution is 5.83. The molecule has 1 atom stereocenters. The third-order valence-corrected chi connectivity index (χ3v) is 1.36. The number of rotatable bonds is 4. The molecule has 0 spiro atoms. The zero-order valence-corrected chi connectivity index (χ0v) is 6.76. The first-order chi connectivity index (χ1) is 5.11. The van der Waals surface area contributed by atoms with Crippen molar-refractivity contribution in [3.63, 3.8) is 0 Å². The van der Waals surface area contributed by atoms with Crippen molar-refractivity contribution in [2.24, 2.45) is 0 Å². The summed E-state index contributed by atoms with van der Waals surface area (Å²) in [5, 5.41) is 10.9. The Hall–Kier alpha value is -1.06. The molecule has 1 amide bonds. The van der Waals surface area contributed by atoms with E-state index in [1.54, 1.807) is 13.8 Å². The molecule has 0 aliphatic rings. The molecule has 0 aromatic rings. The molecule has 0 radical (unpaired) electrons. The molecule has 0 aliphatic heterocycles. The second-order valence-corrected chi connectivity index (χ2v) is 2.22. The summed E-state index contributed by atoms with van der Waals surface area (Å²) >= 11 is 0. The Morgan fingerprint density at radius 2 is 2.00 bits per heavy atom. The molecule has 0 saturated carbocycles. The van der Waals surface area contributed by atoms with Gasteiger partial charge in [0.2, 0.25) is 5.91 Å². The fraction of sp³-hybridized carbons (Fsp3) is 0.714. The van der Waals surface area contributed by atoms with Crippen LogP contribution in [-0.4, -0.2) is 23.0 Å². The van der Waals surface area contributed by atoms with Crippen molar-refractivity contribution >= 4 is 11.9 Å². The zero-order valence-electron chi connectivity index (χ0n) is 6.76. The van der Waals surface area contributed by atoms with Gasteiger partial charge in [0.1, 0.15) is 6.04 Å². The van der Waals surface area contributed by atoms with Crippen LogP contribution in [0.2, 0.25) is 0 Å². The number of carbonyl (C=O) groups excluding carboxylic acids is 1. The molecule has 0 fully saturated rings. The van der Waals surface area contributed by atoms with Gasteiger partial charge in [-0.3, -0.25) is 4.79 Å². The molecule has 64 valence electrons. The smallest absolute Gasteiger partial charge is 0.326 e. The van der Waals surface area contributed by atoms with Gasteiger partial charge in [0, 0.05) is 6.42 Å². The third kappa shape index (κ3) is 3.60. The molecule has 0 unspecified atom stereocenters. The van der Waals surface area contributed by atoms with E-state index in [1.165, 1.54) is 0 Å². The third-order valence-electron chi connectivity index (χ3n) is 1.36. The lowest BCUT2D eigenvalue weighted by atomic mass is 10.2. The van der Waals surface area contributed by atoms with E-state index in [-0.39, 0.29) is 5.91 Å². The molecule has 0 aromatic heterocycles. The van der Waals surface area contributed by atoms with E-state index in [0.29, 0.717) is 12.8 Å². The van der Waals surface area contributed by atoms with E-state index >= 15 is 0 Å². The molecule has 0 bridgehead atoms. The number of nitrogens with one attached hydrogen (secondary N) is 1. The summed E-state index contributed by atoms with van der Waals surface area (Å²) in [5.41, 5.74) is 0. The highest BCUT2D eigenvalue weighted by Gasteiger charge is 2.15. The molecule has 2 N–H and O–H groups in total. The number of amides is 1. The number of carboxylic acids is 1. The molecule has 4 nitrogen and oxygen atoms in total. The topological polar surface area (TPSA) is 66.4 Å². The van der Waals surface area contributed by atoms with Gasteiger partial charge in [-0.2, -0.15) is 0 Å². The maximum Gasteiger partial charge on any atom is 0.326 e. The van der Waals surface area contributed by atoms with Gasteiger partial charge in [0.05, 0.1) is 0 Å². The molecular formula is C7H13NO3. The Balaban J connectivity index is 3.88. The van der Waals surface area contributed by atoms with E-state index in [9.17, 15) is 9.59 Å². The van der Waals surface area contributed by atoms with Crippen molar-refractivity contribution in [3.8, 4) is 0 Å². The van der Waals surface area contributed by atoms with Crippen LogP contribution in [0.4, 0.5) is 0 Å². The van der Waals surface area contributed by atoms with Crippen molar-refractivity contribution in [3.05, 3.63) is 0 Å². The Morgan fingerprint density at radius 3 is 2.27 bits per heavy atom. The number of hydrogen-bond acceptors (Lipinski definition) is 2. The maximum absolute atomic E-state index is 10.7. The van der Waals surface area contributed by atoms with Crippen molar-refractivity contribution in [2.75, 3.05) is 0 Å². The van der Waals surface area contributed by atoms with Crippen LogP contribution in [0.15, 0.2) is 0 Å². The van der Waals surface area contributed by atoms with Crippen molar-refractivity contribution in [1.29, 1.82) is 0 Å². The highest BCUT2D eigenvalue weighted by atomic mass is 16.4. The zero-order chi connectivity index (χ0) is 8.85. The van der Waals surface area contributed by atoms with Gasteiger partial charge in [-0.05, 0) is 6.42 Å². The second-order valence-electron chi connectivity index (χ2n) is 2.22. The molecule has 11 heavy (non-hydrogen) atoms. The van der Waals surface area contributed by atoms with Crippen LogP contribution in [0, 0.1) is 0 Å². The SMILES string of the molecule is CCC(=O)N[C@H](CC)C(=O)O. The summed E-state index contributed by atoms with van der Waals surface area (Å²) in [6.45, 7) is 3.40. The van der Waals surface area contributed by atoms with Crippen LogP contribution < -0.4 is 5.32 Å². The minimum Gasteiger partial charge on any atom is -0.480 e. The largest absolute Gasteiger partial charge is 0.480 e. The van der Waals surface area contributed by atoms with Gasteiger partial charge in [0.15, 0.2) is 0 Å². The molecule has 0 rings (SSSR count). The summed E-state index contributed by atoms with van der Waals surface area (Å²) in [6, 6.07) is -0.734. The molecular weight excluding hydrogens is 146 g/mol. The fourth-order valence-electron chi connectivity index (χ4n) is 0.635. The first-order valence-corrected chi connectivity index (χ1v) is 3.64. The van der Waals surface area contributed by atoms with Crippen LogP contribution in [-0.2, 0) is 9.59 Å². The van der Waals surface area contributed by atoms with E-state index < -0.39 is 12.0 Å². The second kappa shape index (κ2) is 4.71. The van der Waals surface area contributed by atoms with Crippen LogP contribution in [0.3, 0.4) is 0 Å². The van der Waals surface area contributed by atoms with Crippen LogP contribution in [0.1, 0.15) is 26.7 Å². The van der Waals surface area contributed by atoms with Gasteiger partial charge in [-0.15, -0.1) is 0 Å². The van der Waals surface area contributed by atoms with Gasteiger partial charge in [0.25, 0.3) is 0 Å². The van der Waals surface area contributed by atoms with Gasteiger partial charge in [-0.25, -0.2) is 4.79 Å². The van der Waals surface area contributed by atoms with Gasteiger partial charge < -0.3 is 10.4 Å². The van der Waals surface area contributed by atoms with Crippen molar-refractivity contribution < 1.29 is 14.7 Å². The number of aliphatic carboxylic acids is 1. The molecule has 4 heteroatoms. The predicted octanol–water partition coefficient (Wildman–Crippen LogP) is 0.376. The minimum absolute atomic E-state index is 0.223. The summed E-state index contributed by atoms with van der Waals surface area (Å²) in [6.07, 6.45) is 0.741. The molecule has 0 heterocycles. The highest BCUT2D eigenvalue weighted by Crippen LogP contribution is 1.91. The summed E-state index contributed by atoms with van der Waals surface area (Å²) < 4.78 is 0. The summed E-state index contributed by atoms with van der Waals surface area (Å²) in [7, 11) is 0. The average Bonchev–Trinajstić information content (AvgIpc) is 1.99. The maximum atomic E-state index is 10.7. The lowest BCUT2D eigenvalue weighted by molar-refractivity contribution is -0.141. The monoisotopic (exact) mass is 159 g/mol. The average molecular weight is 159 g/mol. The Morgan fingerprint density at radius 1 is 1.45 bits per heavy atom. The first-order valence-electron chi connectivity index (χ1n) is 3.64. The van der Waals surface area contributed by atoms with Crippen LogP contribution in [0.5, 0.6) is 0 Å². The van der Waals surface area contributed by atoms with E-state index in [1.807, 2.05) is 0 Å². The quantitative estimate of drug-likeness (QED) is 0.623. The Bertz CT molecular complexity index is 156. The van der Waals surface area contributed by atoms with Crippen molar-refractivity contribution in [1.82, 2.24) is 5.32 Å². The Kier molecular flexibility index (Phi) is 4.26. The fourth-order valence-corrected chi connectivity index (χ4v) is 0.635. The number of carboxylic acid groups (broad SMARTS) is 1. The Labute approximate surface area is 65.6 Å². The van der Waals surface area contributed by atoms with E-state index in [0.717, 1.165) is 0 Å². The number of hydrogen-bond donors (Lipinski definition) is 2. The lowest BCUT2D eigenvalue weighted by Crippen LogP contribution is -2.39. The van der Waals surface area contributed by atoms with Gasteiger partial charge >= 0.3 is 5.97 Å². The van der Waals surface area contributed by atoms with Crippen LogP contribution >= 0.6 is 0 Å². The van der Waals surface area contributed by atoms with Crippen molar-refractivity contribution in [2.45, 2.75) is 32.7 Å². The van der Waals surface area contributed by atoms with Gasteiger partial charge in [-0.1, -0.05) is 13.8 Å².